The molecule has 0 atom stereocenters. The number of carboxylic acids is 2. The molecule has 2 N–H and O–H groups in total. The molecule has 7 nitrogen and oxygen atoms in total. The highest BCUT2D eigenvalue weighted by Gasteiger charge is 2.12. The first kappa shape index (κ1) is 14.8. The number of pyridine rings is 1. The van der Waals surface area contributed by atoms with Gasteiger partial charge in [0.25, 0.3) is 0 Å². The third-order valence-corrected chi connectivity index (χ3v) is 3.11. The van der Waals surface area contributed by atoms with Gasteiger partial charge in [0, 0.05) is 25.5 Å². The van der Waals surface area contributed by atoms with Crippen LogP contribution in [-0.2, 0) is 4.79 Å². The van der Waals surface area contributed by atoms with Crippen LogP contribution < -0.4 is 4.90 Å². The Labute approximate surface area is 121 Å². The van der Waals surface area contributed by atoms with Crippen LogP contribution in [0, 0.1) is 0 Å². The van der Waals surface area contributed by atoms with Gasteiger partial charge in [0.15, 0.2) is 5.69 Å². The summed E-state index contributed by atoms with van der Waals surface area (Å²) in [4.78, 5) is 27.6. The Morgan fingerprint density at radius 3 is 2.62 bits per heavy atom. The molecule has 2 aromatic heterocycles. The highest BCUT2D eigenvalue weighted by atomic mass is 16.4. The largest absolute Gasteiger partial charge is 0.481 e. The third-order valence-electron chi connectivity index (χ3n) is 3.11. The van der Waals surface area contributed by atoms with Crippen molar-refractivity contribution in [1.29, 1.82) is 0 Å². The van der Waals surface area contributed by atoms with E-state index in [4.69, 9.17) is 10.2 Å². The number of aromatic nitrogens is 2. The summed E-state index contributed by atoms with van der Waals surface area (Å²) in [6.45, 7) is 3.17. The lowest BCUT2D eigenvalue weighted by molar-refractivity contribution is -0.136. The molecular weight excluding hydrogens is 274 g/mol. The summed E-state index contributed by atoms with van der Waals surface area (Å²) < 4.78 is 1.64. The molecule has 0 amide bonds. The molecule has 0 radical (unpaired) electrons. The summed E-state index contributed by atoms with van der Waals surface area (Å²) >= 11 is 0. The molecule has 21 heavy (non-hydrogen) atoms. The van der Waals surface area contributed by atoms with Gasteiger partial charge in [-0.1, -0.05) is 6.92 Å². The molecule has 0 saturated carbocycles. The average Bonchev–Trinajstić information content (AvgIpc) is 2.86. The van der Waals surface area contributed by atoms with E-state index in [-0.39, 0.29) is 12.1 Å². The number of carbonyl (C=O) groups is 2. The zero-order chi connectivity index (χ0) is 15.4. The fourth-order valence-corrected chi connectivity index (χ4v) is 2.14. The van der Waals surface area contributed by atoms with Gasteiger partial charge >= 0.3 is 11.9 Å². The summed E-state index contributed by atoms with van der Waals surface area (Å²) in [6, 6.07) is 3.55. The van der Waals surface area contributed by atoms with Crippen LogP contribution in [0.5, 0.6) is 0 Å². The minimum atomic E-state index is -1.07. The zero-order valence-corrected chi connectivity index (χ0v) is 11.7. The number of aromatic carboxylic acids is 1. The molecule has 0 spiro atoms. The fraction of sp³-hybridized carbons (Fsp3) is 0.357. The van der Waals surface area contributed by atoms with E-state index in [0.717, 1.165) is 18.7 Å². The van der Waals surface area contributed by atoms with Crippen molar-refractivity contribution in [2.24, 2.45) is 0 Å². The number of nitrogens with zero attached hydrogens (tertiary/aromatic N) is 3. The third kappa shape index (κ3) is 3.50. The van der Waals surface area contributed by atoms with Crippen LogP contribution in [0.3, 0.4) is 0 Å². The first-order chi connectivity index (χ1) is 10.0. The molecule has 0 aliphatic rings. The zero-order valence-electron chi connectivity index (χ0n) is 11.7. The van der Waals surface area contributed by atoms with Gasteiger partial charge in [0.1, 0.15) is 5.65 Å². The average molecular weight is 291 g/mol. The van der Waals surface area contributed by atoms with E-state index in [9.17, 15) is 9.59 Å². The van der Waals surface area contributed by atoms with E-state index in [0.29, 0.717) is 12.2 Å². The van der Waals surface area contributed by atoms with Crippen molar-refractivity contribution in [2.75, 3.05) is 18.0 Å². The molecular formula is C14H17N3O4. The molecule has 0 fully saturated rings. The quantitative estimate of drug-likeness (QED) is 0.806. The molecule has 0 aliphatic heterocycles. The van der Waals surface area contributed by atoms with Crippen molar-refractivity contribution in [3.8, 4) is 0 Å². The summed E-state index contributed by atoms with van der Waals surface area (Å²) in [5.74, 6) is -1.91. The van der Waals surface area contributed by atoms with Crippen LogP contribution in [0.4, 0.5) is 5.69 Å². The van der Waals surface area contributed by atoms with E-state index in [1.54, 1.807) is 16.7 Å². The standard InChI is InChI=1S/C14H17N3O4/c1-2-6-16(7-5-13(18)19)10-3-4-12-15-11(14(20)21)9-17(12)8-10/h3-4,8-9H,2,5-7H2,1H3,(H,18,19)(H,20,21). The van der Waals surface area contributed by atoms with Gasteiger partial charge in [-0.25, -0.2) is 9.78 Å². The van der Waals surface area contributed by atoms with Gasteiger partial charge in [-0.15, -0.1) is 0 Å². The maximum atomic E-state index is 10.9. The molecule has 2 aromatic rings. The number of carboxylic acid groups (broad SMARTS) is 2. The van der Waals surface area contributed by atoms with E-state index < -0.39 is 11.9 Å². The second-order valence-corrected chi connectivity index (χ2v) is 4.71. The van der Waals surface area contributed by atoms with Crippen LogP contribution in [0.15, 0.2) is 24.5 Å². The van der Waals surface area contributed by atoms with Gasteiger partial charge in [-0.05, 0) is 18.6 Å². The Bertz CT molecular complexity index is 665. The lowest BCUT2D eigenvalue weighted by Crippen LogP contribution is -2.27. The van der Waals surface area contributed by atoms with Crippen molar-refractivity contribution < 1.29 is 19.8 Å². The molecule has 112 valence electrons. The van der Waals surface area contributed by atoms with E-state index in [1.807, 2.05) is 17.9 Å². The second-order valence-electron chi connectivity index (χ2n) is 4.71. The molecule has 0 aliphatic carbocycles. The van der Waals surface area contributed by atoms with Gasteiger partial charge < -0.3 is 19.5 Å². The first-order valence-electron chi connectivity index (χ1n) is 6.70. The molecule has 0 bridgehead atoms. The molecule has 2 heterocycles. The second kappa shape index (κ2) is 6.25. The lowest BCUT2D eigenvalue weighted by atomic mass is 10.3. The highest BCUT2D eigenvalue weighted by molar-refractivity contribution is 5.86. The monoisotopic (exact) mass is 291 g/mol. The van der Waals surface area contributed by atoms with Crippen LogP contribution in [0.25, 0.3) is 5.65 Å². The number of fused-ring (bicyclic) bond motifs is 1. The Hall–Kier alpha value is -2.57. The highest BCUT2D eigenvalue weighted by Crippen LogP contribution is 2.17. The van der Waals surface area contributed by atoms with Crippen LogP contribution in [-0.4, -0.2) is 44.6 Å². The van der Waals surface area contributed by atoms with Gasteiger partial charge in [0.05, 0.1) is 12.1 Å². The number of hydrogen-bond acceptors (Lipinski definition) is 4. The smallest absolute Gasteiger partial charge is 0.356 e. The molecule has 2 rings (SSSR count). The maximum Gasteiger partial charge on any atom is 0.356 e. The summed E-state index contributed by atoms with van der Waals surface area (Å²) in [6.07, 6.45) is 4.17. The fourth-order valence-electron chi connectivity index (χ4n) is 2.14. The minimum absolute atomic E-state index is 0.0141. The van der Waals surface area contributed by atoms with Gasteiger partial charge in [-0.3, -0.25) is 4.79 Å². The van der Waals surface area contributed by atoms with Crippen molar-refractivity contribution in [1.82, 2.24) is 9.38 Å². The predicted molar refractivity (Wildman–Crippen MR) is 76.9 cm³/mol. The molecule has 0 aromatic carbocycles. The Morgan fingerprint density at radius 1 is 1.24 bits per heavy atom. The van der Waals surface area contributed by atoms with Crippen LogP contribution in [0.2, 0.25) is 0 Å². The van der Waals surface area contributed by atoms with E-state index in [2.05, 4.69) is 4.98 Å². The normalized spacial score (nSPS) is 10.7. The van der Waals surface area contributed by atoms with Crippen LogP contribution >= 0.6 is 0 Å². The summed E-state index contributed by atoms with van der Waals surface area (Å²) in [5, 5.41) is 17.7. The Kier molecular flexibility index (Phi) is 4.42. The number of aliphatic carboxylic acids is 1. The number of rotatable bonds is 7. The van der Waals surface area contributed by atoms with Crippen molar-refractivity contribution >= 4 is 23.3 Å². The van der Waals surface area contributed by atoms with E-state index >= 15 is 0 Å². The Morgan fingerprint density at radius 2 is 2.00 bits per heavy atom. The molecule has 0 unspecified atom stereocenters. The summed E-state index contributed by atoms with van der Waals surface area (Å²) in [5.41, 5.74) is 1.38. The van der Waals surface area contributed by atoms with Crippen molar-refractivity contribution in [2.45, 2.75) is 19.8 Å². The summed E-state index contributed by atoms with van der Waals surface area (Å²) in [7, 11) is 0. The first-order valence-corrected chi connectivity index (χ1v) is 6.70. The molecule has 0 saturated heterocycles. The number of imidazole rings is 1. The van der Waals surface area contributed by atoms with Gasteiger partial charge in [0.2, 0.25) is 0 Å². The number of anilines is 1. The lowest BCUT2D eigenvalue weighted by Gasteiger charge is -2.23. The predicted octanol–water partition coefficient (Wildman–Crippen LogP) is 1.72. The van der Waals surface area contributed by atoms with Crippen molar-refractivity contribution in [3.05, 3.63) is 30.2 Å². The Balaban J connectivity index is 2.29. The number of hydrogen-bond donors (Lipinski definition) is 2. The van der Waals surface area contributed by atoms with Gasteiger partial charge in [-0.2, -0.15) is 0 Å². The maximum absolute atomic E-state index is 10.9. The van der Waals surface area contributed by atoms with Crippen molar-refractivity contribution in [3.63, 3.8) is 0 Å². The van der Waals surface area contributed by atoms with E-state index in [1.165, 1.54) is 6.20 Å². The SMILES string of the molecule is CCCN(CCC(=O)O)c1ccc2nc(C(=O)O)cn2c1. The molecule has 7 heteroatoms. The van der Waals surface area contributed by atoms with Crippen LogP contribution in [0.1, 0.15) is 30.3 Å². The topological polar surface area (TPSA) is 95.1 Å². The minimum Gasteiger partial charge on any atom is -0.481 e.